The maximum Gasteiger partial charge on any atom is 0.225 e. The van der Waals surface area contributed by atoms with Crippen LogP contribution in [-0.4, -0.2) is 55.3 Å². The molecule has 1 amide bonds. The molecule has 0 aromatic carbocycles. The van der Waals surface area contributed by atoms with E-state index in [9.17, 15) is 15.0 Å². The van der Waals surface area contributed by atoms with Crippen molar-refractivity contribution in [3.8, 4) is 24.2 Å². The Kier molecular flexibility index (Phi) is 7.29. The number of halogens is 1. The molecule has 3 aromatic heterocycles. The molecule has 4 atom stereocenters. The molecule has 0 bridgehead atoms. The van der Waals surface area contributed by atoms with Gasteiger partial charge in [0, 0.05) is 26.4 Å². The highest BCUT2D eigenvalue weighted by atomic mass is 35.5. The third-order valence-corrected chi connectivity index (χ3v) is 7.19. The first-order chi connectivity index (χ1) is 16.8. The molecule has 3 heterocycles. The van der Waals surface area contributed by atoms with Crippen LogP contribution in [0.5, 0.6) is 0 Å². The molecule has 1 fully saturated rings. The van der Waals surface area contributed by atoms with E-state index in [-0.39, 0.29) is 30.2 Å². The zero-order chi connectivity index (χ0) is 25.2. The van der Waals surface area contributed by atoms with E-state index < -0.39 is 23.7 Å². The molecule has 4 N–H and O–H groups in total. The molecule has 0 aliphatic heterocycles. The van der Waals surface area contributed by atoms with E-state index >= 15 is 0 Å². The fraction of sp³-hybridized carbons (Fsp3) is 0.417. The number of aliphatic hydroxyl groups is 2. The Balaban J connectivity index is 1.82. The van der Waals surface area contributed by atoms with Gasteiger partial charge in [-0.3, -0.25) is 9.36 Å². The van der Waals surface area contributed by atoms with Crippen molar-refractivity contribution in [3.05, 3.63) is 33.5 Å². The topological polar surface area (TPSA) is 125 Å². The SMILES string of the molecule is C#CCC1C[C@@](O)(n2cnc3c(NCCC)nc(C#Cc4ccc(Cl)s4)nc32)[C@H](O)[C@H]1C(=O)NC. The third kappa shape index (κ3) is 4.71. The molecular formula is C24H25ClN6O3S. The standard InChI is InChI=1S/C24H25ClN6O3S/c1-4-6-14-12-24(34,20(32)18(14)23(33)26-3)31-13-28-19-21(27-11-5-2)29-17(30-22(19)31)10-8-15-7-9-16(25)35-15/h1,7,9,13-14,18,20,32,34H,5-6,11-12H2,2-3H3,(H,26,33)(H,27,29,30)/t14?,18-,20+,24-/m0/s1. The number of anilines is 1. The van der Waals surface area contributed by atoms with E-state index in [4.69, 9.17) is 18.0 Å². The minimum Gasteiger partial charge on any atom is -0.387 e. The van der Waals surface area contributed by atoms with Crippen LogP contribution >= 0.6 is 22.9 Å². The molecular weight excluding hydrogens is 488 g/mol. The third-order valence-electron chi connectivity index (χ3n) is 6.04. The number of imidazole rings is 1. The molecule has 1 aliphatic rings. The fourth-order valence-electron chi connectivity index (χ4n) is 4.40. The lowest BCUT2D eigenvalue weighted by Crippen LogP contribution is -2.46. The molecule has 1 saturated carbocycles. The molecule has 182 valence electrons. The second-order valence-corrected chi connectivity index (χ2v) is 10.0. The number of aliphatic hydroxyl groups excluding tert-OH is 1. The van der Waals surface area contributed by atoms with Crippen LogP contribution in [0.2, 0.25) is 4.34 Å². The van der Waals surface area contributed by atoms with E-state index in [0.717, 1.165) is 11.3 Å². The number of aromatic nitrogens is 4. The highest BCUT2D eigenvalue weighted by molar-refractivity contribution is 7.16. The van der Waals surface area contributed by atoms with E-state index in [0.29, 0.717) is 22.2 Å². The van der Waals surface area contributed by atoms with Gasteiger partial charge in [-0.05, 0) is 36.3 Å². The van der Waals surface area contributed by atoms with Crippen molar-refractivity contribution < 1.29 is 15.0 Å². The van der Waals surface area contributed by atoms with Crippen LogP contribution in [0.1, 0.15) is 36.9 Å². The summed E-state index contributed by atoms with van der Waals surface area (Å²) in [6.07, 6.45) is 6.61. The van der Waals surface area contributed by atoms with Gasteiger partial charge in [-0.15, -0.1) is 23.7 Å². The normalized spacial score (nSPS) is 23.5. The predicted molar refractivity (Wildman–Crippen MR) is 135 cm³/mol. The number of carbonyl (C=O) groups excluding carboxylic acids is 1. The summed E-state index contributed by atoms with van der Waals surface area (Å²) in [6, 6.07) is 3.57. The predicted octanol–water partition coefficient (Wildman–Crippen LogP) is 2.17. The average molecular weight is 513 g/mol. The number of nitrogens with zero attached hydrogens (tertiary/aromatic N) is 4. The molecule has 3 aromatic rings. The van der Waals surface area contributed by atoms with Gasteiger partial charge in [0.25, 0.3) is 0 Å². The van der Waals surface area contributed by atoms with Gasteiger partial charge in [0.1, 0.15) is 6.10 Å². The van der Waals surface area contributed by atoms with Crippen LogP contribution in [0.4, 0.5) is 5.82 Å². The summed E-state index contributed by atoms with van der Waals surface area (Å²) in [5.41, 5.74) is -1.15. The van der Waals surface area contributed by atoms with Crippen molar-refractivity contribution in [2.45, 2.75) is 38.0 Å². The summed E-state index contributed by atoms with van der Waals surface area (Å²) in [6.45, 7) is 2.66. The van der Waals surface area contributed by atoms with E-state index in [1.807, 2.05) is 6.92 Å². The number of hydrogen-bond donors (Lipinski definition) is 4. The van der Waals surface area contributed by atoms with Gasteiger partial charge in [0.05, 0.1) is 21.5 Å². The summed E-state index contributed by atoms with van der Waals surface area (Å²) in [4.78, 5) is 26.8. The molecule has 0 saturated heterocycles. The summed E-state index contributed by atoms with van der Waals surface area (Å²) in [7, 11) is 1.48. The molecule has 9 nitrogen and oxygen atoms in total. The van der Waals surface area contributed by atoms with Gasteiger partial charge >= 0.3 is 0 Å². The smallest absolute Gasteiger partial charge is 0.225 e. The lowest BCUT2D eigenvalue weighted by atomic mass is 9.91. The van der Waals surface area contributed by atoms with Crippen molar-refractivity contribution in [1.82, 2.24) is 24.8 Å². The van der Waals surface area contributed by atoms with Crippen molar-refractivity contribution in [2.75, 3.05) is 18.9 Å². The van der Waals surface area contributed by atoms with Crippen molar-refractivity contribution in [1.29, 1.82) is 0 Å². The highest BCUT2D eigenvalue weighted by Crippen LogP contribution is 2.45. The number of amides is 1. The molecule has 4 rings (SSSR count). The number of hydrogen-bond acceptors (Lipinski definition) is 8. The number of thiophene rings is 1. The largest absolute Gasteiger partial charge is 0.387 e. The minimum atomic E-state index is -1.85. The summed E-state index contributed by atoms with van der Waals surface area (Å²) in [5, 5.41) is 28.6. The van der Waals surface area contributed by atoms with Crippen LogP contribution in [-0.2, 0) is 10.5 Å². The van der Waals surface area contributed by atoms with Crippen LogP contribution in [0.3, 0.4) is 0 Å². The highest BCUT2D eigenvalue weighted by Gasteiger charge is 2.56. The summed E-state index contributed by atoms with van der Waals surface area (Å²) >= 11 is 7.33. The zero-order valence-corrected chi connectivity index (χ0v) is 20.8. The Morgan fingerprint density at radius 1 is 1.40 bits per heavy atom. The molecule has 11 heteroatoms. The number of carbonyl (C=O) groups is 1. The molecule has 1 aliphatic carbocycles. The van der Waals surface area contributed by atoms with Crippen LogP contribution in [0, 0.1) is 36.0 Å². The summed E-state index contributed by atoms with van der Waals surface area (Å²) < 4.78 is 2.02. The molecule has 35 heavy (non-hydrogen) atoms. The minimum absolute atomic E-state index is 0.0539. The Hall–Kier alpha value is -3.15. The van der Waals surface area contributed by atoms with Gasteiger partial charge in [-0.1, -0.05) is 18.5 Å². The Labute approximate surface area is 212 Å². The van der Waals surface area contributed by atoms with Crippen LogP contribution in [0.15, 0.2) is 18.5 Å². The van der Waals surface area contributed by atoms with E-state index in [1.54, 1.807) is 12.1 Å². The number of terminal acetylenes is 1. The van der Waals surface area contributed by atoms with E-state index in [1.165, 1.54) is 29.3 Å². The maximum atomic E-state index is 12.5. The van der Waals surface area contributed by atoms with Crippen molar-refractivity contribution in [2.24, 2.45) is 11.8 Å². The van der Waals surface area contributed by atoms with Gasteiger partial charge in [0.15, 0.2) is 22.7 Å². The second-order valence-electron chi connectivity index (χ2n) is 8.30. The van der Waals surface area contributed by atoms with E-state index in [2.05, 4.69) is 43.3 Å². The lowest BCUT2D eigenvalue weighted by molar-refractivity contribution is -0.143. The van der Waals surface area contributed by atoms with Gasteiger partial charge < -0.3 is 20.8 Å². The number of nitrogens with one attached hydrogen (secondary N) is 2. The monoisotopic (exact) mass is 512 g/mol. The fourth-order valence-corrected chi connectivity index (χ4v) is 5.30. The number of fused-ring (bicyclic) bond motifs is 1. The second kappa shape index (κ2) is 10.2. The first-order valence-corrected chi connectivity index (χ1v) is 12.3. The first-order valence-electron chi connectivity index (χ1n) is 11.1. The van der Waals surface area contributed by atoms with Crippen LogP contribution < -0.4 is 10.6 Å². The molecule has 0 radical (unpaired) electrons. The van der Waals surface area contributed by atoms with Gasteiger partial charge in [-0.2, -0.15) is 0 Å². The quantitative estimate of drug-likeness (QED) is 0.373. The number of rotatable bonds is 6. The first kappa shape index (κ1) is 25.0. The van der Waals surface area contributed by atoms with Crippen molar-refractivity contribution in [3.63, 3.8) is 0 Å². The van der Waals surface area contributed by atoms with Gasteiger partial charge in [-0.25, -0.2) is 15.0 Å². The van der Waals surface area contributed by atoms with Gasteiger partial charge in [0.2, 0.25) is 11.7 Å². The Bertz CT molecular complexity index is 1350. The van der Waals surface area contributed by atoms with Crippen molar-refractivity contribution >= 4 is 45.8 Å². The Morgan fingerprint density at radius 2 is 2.20 bits per heavy atom. The molecule has 1 unspecified atom stereocenters. The average Bonchev–Trinajstić information content (AvgIpc) is 3.53. The van der Waals surface area contributed by atoms with Crippen LogP contribution in [0.25, 0.3) is 11.2 Å². The summed E-state index contributed by atoms with van der Waals surface area (Å²) in [5.74, 6) is 7.45. The Morgan fingerprint density at radius 3 is 2.86 bits per heavy atom. The lowest BCUT2D eigenvalue weighted by Gasteiger charge is -2.29. The zero-order valence-electron chi connectivity index (χ0n) is 19.2. The molecule has 0 spiro atoms. The maximum absolute atomic E-state index is 12.5.